The Morgan fingerprint density at radius 3 is 1.70 bits per heavy atom. The van der Waals surface area contributed by atoms with Gasteiger partial charge in [-0.05, 0) is 70.1 Å². The third kappa shape index (κ3) is 4.41. The summed E-state index contributed by atoms with van der Waals surface area (Å²) in [6.45, 7) is 6.23. The minimum absolute atomic E-state index is 0.0329. The number of aliphatic hydroxyl groups is 2. The predicted molar refractivity (Wildman–Crippen MR) is 125 cm³/mol. The summed E-state index contributed by atoms with van der Waals surface area (Å²) >= 11 is 0. The minimum Gasteiger partial charge on any atom is -0.743 e. The van der Waals surface area contributed by atoms with Crippen molar-refractivity contribution in [2.45, 2.75) is 121 Å². The Morgan fingerprint density at radius 2 is 1.32 bits per heavy atom. The van der Waals surface area contributed by atoms with Crippen molar-refractivity contribution in [2.24, 2.45) is 22.2 Å². The quantitative estimate of drug-likeness (QED) is 0.201. The van der Waals surface area contributed by atoms with Crippen LogP contribution in [0.5, 0.6) is 0 Å². The zero-order valence-electron chi connectivity index (χ0n) is 21.9. The zero-order valence-corrected chi connectivity index (χ0v) is 22.7. The molecule has 0 radical (unpaired) electrons. The minimum atomic E-state index is -6.64. The first-order valence-corrected chi connectivity index (χ1v) is 14.5. The number of carbonyl (C=O) groups excluding carboxylic acids is 1. The molecule has 0 spiro atoms. The fraction of sp³-hybridized carbons (Fsp3) is 0.960. The fourth-order valence-corrected chi connectivity index (χ4v) is 8.92. The Kier molecular flexibility index (Phi) is 7.68. The molecule has 2 atom stereocenters. The number of hydrogen-bond acceptors (Lipinski definition) is 7. The Labute approximate surface area is 216 Å². The van der Waals surface area contributed by atoms with Gasteiger partial charge in [0.05, 0.1) is 29.6 Å². The molecule has 0 amide bonds. The van der Waals surface area contributed by atoms with Gasteiger partial charge in [0.25, 0.3) is 0 Å². The number of ether oxygens (including phenoxy) is 1. The largest absolute Gasteiger partial charge is 0.743 e. The van der Waals surface area contributed by atoms with Crippen molar-refractivity contribution in [1.82, 2.24) is 0 Å². The van der Waals surface area contributed by atoms with Gasteiger partial charge in [-0.15, -0.1) is 0 Å². The van der Waals surface area contributed by atoms with E-state index in [0.29, 0.717) is 51.4 Å². The summed E-state index contributed by atoms with van der Waals surface area (Å²) < 4.78 is 92.0. The van der Waals surface area contributed by atoms with E-state index in [1.807, 2.05) is 27.7 Å². The van der Waals surface area contributed by atoms with Crippen LogP contribution < -0.4 is 0 Å². The number of carbonyl (C=O) groups is 1. The van der Waals surface area contributed by atoms with Crippen molar-refractivity contribution < 1.29 is 50.3 Å². The Bertz CT molecular complexity index is 957. The molecule has 4 aliphatic carbocycles. The van der Waals surface area contributed by atoms with Crippen molar-refractivity contribution in [3.63, 3.8) is 0 Å². The summed E-state index contributed by atoms with van der Waals surface area (Å²) in [4.78, 5) is 13.5. The predicted octanol–water partition coefficient (Wildman–Crippen LogP) is 4.75. The molecule has 12 heteroatoms. The lowest BCUT2D eigenvalue weighted by Gasteiger charge is -2.71. The molecule has 4 saturated carbocycles. The SMILES string of the molecule is CCC(O)(CC)C12CC3CC(C(=O)OCCC(F)(F)C(F)(F)S(=O)(=O)[O-])(C1)CC(C(O)(CC)CC)(C3)C2. The first-order valence-electron chi connectivity index (χ1n) is 13.1. The zero-order chi connectivity index (χ0) is 28.3. The lowest BCUT2D eigenvalue weighted by atomic mass is 9.33. The molecule has 2 N–H and O–H groups in total. The second kappa shape index (κ2) is 9.30. The summed E-state index contributed by atoms with van der Waals surface area (Å²) in [6.07, 6.45) is 2.44. The standard InChI is InChI=1S/C25H40F4O7S/c1-5-22(31,6-2)20-12-17-11-19(14-20,15-21(13-17,16-20)23(32,7-3)8-4)18(30)36-10-9-24(26,27)25(28,29)37(33,34)35/h17,31-32H,5-16H2,1-4H3,(H,33,34,35)/p-1. The van der Waals surface area contributed by atoms with Crippen LogP contribution in [0, 0.1) is 22.2 Å². The normalized spacial score (nSPS) is 32.6. The highest BCUT2D eigenvalue weighted by Crippen LogP contribution is 2.75. The molecule has 0 aliphatic heterocycles. The van der Waals surface area contributed by atoms with Crippen LogP contribution >= 0.6 is 0 Å². The van der Waals surface area contributed by atoms with E-state index in [1.165, 1.54) is 0 Å². The van der Waals surface area contributed by atoms with Gasteiger partial charge in [-0.2, -0.15) is 17.6 Å². The third-order valence-electron chi connectivity index (χ3n) is 10.2. The number of hydrogen-bond donors (Lipinski definition) is 2. The van der Waals surface area contributed by atoms with E-state index in [-0.39, 0.29) is 18.8 Å². The summed E-state index contributed by atoms with van der Waals surface area (Å²) in [6, 6.07) is 0. The molecular formula is C25H39F4O7S-. The van der Waals surface area contributed by atoms with Gasteiger partial charge in [-0.3, -0.25) is 4.79 Å². The maximum atomic E-state index is 13.9. The van der Waals surface area contributed by atoms with E-state index in [4.69, 9.17) is 4.74 Å². The fourth-order valence-electron chi connectivity index (χ4n) is 8.46. The van der Waals surface area contributed by atoms with Crippen LogP contribution in [0.3, 0.4) is 0 Å². The molecule has 216 valence electrons. The molecule has 4 fully saturated rings. The van der Waals surface area contributed by atoms with Crippen LogP contribution in [-0.4, -0.2) is 58.1 Å². The van der Waals surface area contributed by atoms with E-state index in [0.717, 1.165) is 0 Å². The van der Waals surface area contributed by atoms with Crippen LogP contribution in [0.4, 0.5) is 17.6 Å². The van der Waals surface area contributed by atoms with Crippen molar-refractivity contribution >= 4 is 16.1 Å². The molecule has 0 saturated heterocycles. The van der Waals surface area contributed by atoms with Crippen molar-refractivity contribution in [1.29, 1.82) is 0 Å². The number of rotatable bonds is 12. The first kappa shape index (κ1) is 30.6. The molecule has 2 unspecified atom stereocenters. The van der Waals surface area contributed by atoms with Crippen LogP contribution in [0.2, 0.25) is 0 Å². The van der Waals surface area contributed by atoms with Gasteiger partial charge in [0.15, 0.2) is 10.1 Å². The molecule has 0 heterocycles. The topological polar surface area (TPSA) is 124 Å². The van der Waals surface area contributed by atoms with E-state index in [1.54, 1.807) is 0 Å². The highest BCUT2D eigenvalue weighted by molar-refractivity contribution is 7.86. The van der Waals surface area contributed by atoms with Gasteiger partial charge in [0, 0.05) is 10.8 Å². The van der Waals surface area contributed by atoms with Gasteiger partial charge < -0.3 is 19.5 Å². The highest BCUT2D eigenvalue weighted by Gasteiger charge is 2.73. The van der Waals surface area contributed by atoms with Gasteiger partial charge in [-0.1, -0.05) is 27.7 Å². The molecule has 0 aromatic carbocycles. The lowest BCUT2D eigenvalue weighted by molar-refractivity contribution is -0.278. The van der Waals surface area contributed by atoms with Crippen LogP contribution in [0.15, 0.2) is 0 Å². The van der Waals surface area contributed by atoms with Gasteiger partial charge in [0.1, 0.15) is 0 Å². The van der Waals surface area contributed by atoms with Crippen molar-refractivity contribution in [3.05, 3.63) is 0 Å². The van der Waals surface area contributed by atoms with E-state index < -0.39 is 67.7 Å². The first-order chi connectivity index (χ1) is 16.8. The smallest absolute Gasteiger partial charge is 0.396 e. The Balaban J connectivity index is 1.95. The average molecular weight is 560 g/mol. The third-order valence-corrected chi connectivity index (χ3v) is 11.1. The summed E-state index contributed by atoms with van der Waals surface area (Å²) in [7, 11) is -6.64. The van der Waals surface area contributed by atoms with Gasteiger partial charge in [-0.25, -0.2) is 8.42 Å². The summed E-state index contributed by atoms with van der Waals surface area (Å²) in [5, 5.41) is 17.7. The van der Waals surface area contributed by atoms with Crippen LogP contribution in [0.25, 0.3) is 0 Å². The Morgan fingerprint density at radius 1 is 0.892 bits per heavy atom. The molecule has 4 aliphatic rings. The van der Waals surface area contributed by atoms with Crippen molar-refractivity contribution in [3.8, 4) is 0 Å². The van der Waals surface area contributed by atoms with E-state index >= 15 is 0 Å². The molecule has 4 bridgehead atoms. The number of alkyl halides is 4. The second-order valence-electron chi connectivity index (χ2n) is 11.9. The van der Waals surface area contributed by atoms with Gasteiger partial charge >= 0.3 is 17.1 Å². The molecule has 7 nitrogen and oxygen atoms in total. The number of esters is 1. The number of halogens is 4. The maximum Gasteiger partial charge on any atom is 0.396 e. The van der Waals surface area contributed by atoms with E-state index in [9.17, 15) is 45.5 Å². The molecule has 4 rings (SSSR count). The Hall–Kier alpha value is -0.980. The van der Waals surface area contributed by atoms with Crippen LogP contribution in [0.1, 0.15) is 98.3 Å². The molecule has 0 aromatic rings. The van der Waals surface area contributed by atoms with Gasteiger partial charge in [0.2, 0.25) is 0 Å². The molecule has 0 aromatic heterocycles. The summed E-state index contributed by atoms with van der Waals surface area (Å²) in [5.41, 5.74) is -4.92. The summed E-state index contributed by atoms with van der Waals surface area (Å²) in [5.74, 6) is -6.14. The lowest BCUT2D eigenvalue weighted by Crippen LogP contribution is -2.70. The molecule has 37 heavy (non-hydrogen) atoms. The average Bonchev–Trinajstić information content (AvgIpc) is 2.80. The highest BCUT2D eigenvalue weighted by atomic mass is 32.2. The second-order valence-corrected chi connectivity index (χ2v) is 13.3. The molecular weight excluding hydrogens is 520 g/mol. The maximum absolute atomic E-state index is 13.9. The van der Waals surface area contributed by atoms with Crippen LogP contribution in [-0.2, 0) is 19.6 Å². The monoisotopic (exact) mass is 559 g/mol. The van der Waals surface area contributed by atoms with E-state index in [2.05, 4.69) is 0 Å². The van der Waals surface area contributed by atoms with Crippen molar-refractivity contribution in [2.75, 3.05) is 6.61 Å².